The van der Waals surface area contributed by atoms with Gasteiger partial charge in [-0.25, -0.2) is 4.79 Å². The second-order valence-electron chi connectivity index (χ2n) is 9.30. The van der Waals surface area contributed by atoms with E-state index in [1.54, 1.807) is 4.90 Å². The van der Waals surface area contributed by atoms with Gasteiger partial charge in [0, 0.05) is 64.0 Å². The Kier molecular flexibility index (Phi) is 8.55. The molecule has 2 aliphatic rings. The molecule has 0 aromatic heterocycles. The summed E-state index contributed by atoms with van der Waals surface area (Å²) in [6, 6.07) is 18.0. The van der Waals surface area contributed by atoms with Gasteiger partial charge in [-0.1, -0.05) is 49.4 Å². The van der Waals surface area contributed by atoms with Crippen LogP contribution in [0.5, 0.6) is 0 Å². The maximum Gasteiger partial charge on any atom is 0.321 e. The highest BCUT2D eigenvalue weighted by Gasteiger charge is 2.27. The van der Waals surface area contributed by atoms with Gasteiger partial charge < -0.3 is 20.4 Å². The molecule has 182 valence electrons. The molecule has 2 saturated heterocycles. The number of para-hydroxylation sites is 1. The monoisotopic (exact) mass is 463 g/mol. The first-order valence-electron chi connectivity index (χ1n) is 12.5. The molecule has 0 bridgehead atoms. The lowest BCUT2D eigenvalue weighted by molar-refractivity contribution is -0.126. The molecule has 2 fully saturated rings. The van der Waals surface area contributed by atoms with Crippen molar-refractivity contribution in [3.63, 3.8) is 0 Å². The zero-order valence-electron chi connectivity index (χ0n) is 20.2. The number of benzene rings is 2. The van der Waals surface area contributed by atoms with Crippen LogP contribution >= 0.6 is 0 Å². The number of piperidine rings is 1. The molecule has 0 aliphatic carbocycles. The van der Waals surface area contributed by atoms with Gasteiger partial charge in [0.25, 0.3) is 0 Å². The van der Waals surface area contributed by atoms with Crippen LogP contribution in [-0.2, 0) is 17.9 Å². The number of anilines is 1. The minimum atomic E-state index is -0.0996. The number of rotatable bonds is 7. The van der Waals surface area contributed by atoms with Crippen molar-refractivity contribution in [2.75, 3.05) is 51.1 Å². The highest BCUT2D eigenvalue weighted by Crippen LogP contribution is 2.19. The molecular formula is C27H37N5O2. The van der Waals surface area contributed by atoms with Gasteiger partial charge in [0.15, 0.2) is 0 Å². The van der Waals surface area contributed by atoms with Crippen LogP contribution in [0.1, 0.15) is 30.9 Å². The third kappa shape index (κ3) is 6.81. The van der Waals surface area contributed by atoms with Crippen molar-refractivity contribution in [3.05, 3.63) is 65.7 Å². The van der Waals surface area contributed by atoms with Gasteiger partial charge in [0.05, 0.1) is 0 Å². The van der Waals surface area contributed by atoms with Crippen LogP contribution in [0.2, 0.25) is 0 Å². The smallest absolute Gasteiger partial charge is 0.321 e. The highest BCUT2D eigenvalue weighted by molar-refractivity contribution is 5.89. The fourth-order valence-corrected chi connectivity index (χ4v) is 4.69. The minimum absolute atomic E-state index is 0.0400. The van der Waals surface area contributed by atoms with Gasteiger partial charge in [0.1, 0.15) is 0 Å². The van der Waals surface area contributed by atoms with Gasteiger partial charge in [-0.05, 0) is 42.6 Å². The molecule has 2 aliphatic heterocycles. The molecule has 7 nitrogen and oxygen atoms in total. The molecule has 2 N–H and O–H groups in total. The quantitative estimate of drug-likeness (QED) is 0.661. The van der Waals surface area contributed by atoms with Crippen molar-refractivity contribution in [1.29, 1.82) is 0 Å². The number of hydrogen-bond acceptors (Lipinski definition) is 4. The summed E-state index contributed by atoms with van der Waals surface area (Å²) < 4.78 is 0. The second-order valence-corrected chi connectivity index (χ2v) is 9.30. The molecule has 0 unspecified atom stereocenters. The number of carbonyl (C=O) groups excluding carboxylic acids is 2. The first-order chi connectivity index (χ1) is 16.6. The van der Waals surface area contributed by atoms with Crippen molar-refractivity contribution in [2.24, 2.45) is 5.92 Å². The van der Waals surface area contributed by atoms with E-state index in [4.69, 9.17) is 0 Å². The van der Waals surface area contributed by atoms with E-state index in [1.165, 1.54) is 5.56 Å². The van der Waals surface area contributed by atoms with E-state index >= 15 is 0 Å². The number of amides is 3. The van der Waals surface area contributed by atoms with E-state index in [0.717, 1.165) is 50.5 Å². The topological polar surface area (TPSA) is 67.9 Å². The molecule has 2 aromatic carbocycles. The first kappa shape index (κ1) is 24.2. The van der Waals surface area contributed by atoms with Crippen LogP contribution < -0.4 is 10.6 Å². The third-order valence-corrected chi connectivity index (χ3v) is 6.99. The average molecular weight is 464 g/mol. The second kappa shape index (κ2) is 12.0. The lowest BCUT2D eigenvalue weighted by Gasteiger charge is -2.34. The maximum absolute atomic E-state index is 12.7. The Labute approximate surface area is 203 Å². The standard InChI is InChI=1S/C27H37N5O2/c1-2-30-16-18-31(19-17-30)21-23-10-8-22(9-11-23)20-28-26(33)24-12-14-32(15-13-24)27(34)29-25-6-4-3-5-7-25/h3-11,24H,2,12-21H2,1H3,(H,28,33)(H,29,34). The lowest BCUT2D eigenvalue weighted by atomic mass is 9.96. The molecule has 34 heavy (non-hydrogen) atoms. The Hall–Kier alpha value is -2.90. The molecule has 0 radical (unpaired) electrons. The van der Waals surface area contributed by atoms with Gasteiger partial charge in [0.2, 0.25) is 5.91 Å². The van der Waals surface area contributed by atoms with Gasteiger partial charge in [-0.3, -0.25) is 9.69 Å². The molecule has 0 atom stereocenters. The zero-order valence-corrected chi connectivity index (χ0v) is 20.2. The van der Waals surface area contributed by atoms with Crippen LogP contribution in [0.3, 0.4) is 0 Å². The Morgan fingerprint density at radius 2 is 1.44 bits per heavy atom. The summed E-state index contributed by atoms with van der Waals surface area (Å²) in [5.41, 5.74) is 3.23. The number of urea groups is 1. The van der Waals surface area contributed by atoms with Crippen LogP contribution in [0.15, 0.2) is 54.6 Å². The molecule has 3 amide bonds. The summed E-state index contributed by atoms with van der Waals surface area (Å²) in [6.45, 7) is 10.6. The van der Waals surface area contributed by atoms with Crippen LogP contribution in [0.25, 0.3) is 0 Å². The third-order valence-electron chi connectivity index (χ3n) is 6.99. The molecule has 2 heterocycles. The normalized spacial score (nSPS) is 18.0. The summed E-state index contributed by atoms with van der Waals surface area (Å²) in [6.07, 6.45) is 1.39. The van der Waals surface area contributed by atoms with Gasteiger partial charge in [-0.2, -0.15) is 0 Å². The number of likely N-dealkylation sites (tertiary alicyclic amines) is 1. The minimum Gasteiger partial charge on any atom is -0.352 e. The molecule has 2 aromatic rings. The van der Waals surface area contributed by atoms with Crippen LogP contribution in [0, 0.1) is 5.92 Å². The van der Waals surface area contributed by atoms with E-state index in [2.05, 4.69) is 51.6 Å². The van der Waals surface area contributed by atoms with Crippen LogP contribution in [-0.4, -0.2) is 72.5 Å². The Balaban J connectivity index is 1.16. The Bertz CT molecular complexity index is 918. The summed E-state index contributed by atoms with van der Waals surface area (Å²) in [5.74, 6) is 0.0443. The van der Waals surface area contributed by atoms with Crippen molar-refractivity contribution in [3.8, 4) is 0 Å². The Morgan fingerprint density at radius 1 is 0.824 bits per heavy atom. The van der Waals surface area contributed by atoms with E-state index < -0.39 is 0 Å². The van der Waals surface area contributed by atoms with E-state index in [0.29, 0.717) is 32.5 Å². The SMILES string of the molecule is CCN1CCN(Cc2ccc(CNC(=O)C3CCN(C(=O)Nc4ccccc4)CC3)cc2)CC1. The number of nitrogens with zero attached hydrogens (tertiary/aromatic N) is 3. The van der Waals surface area contributed by atoms with Crippen LogP contribution in [0.4, 0.5) is 10.5 Å². The van der Waals surface area contributed by atoms with E-state index in [9.17, 15) is 9.59 Å². The number of nitrogens with one attached hydrogen (secondary N) is 2. The molecule has 0 saturated carbocycles. The average Bonchev–Trinajstić information content (AvgIpc) is 2.89. The number of hydrogen-bond donors (Lipinski definition) is 2. The van der Waals surface area contributed by atoms with Crippen molar-refractivity contribution in [2.45, 2.75) is 32.9 Å². The Morgan fingerprint density at radius 3 is 2.09 bits per heavy atom. The molecular weight excluding hydrogens is 426 g/mol. The number of likely N-dealkylation sites (N-methyl/N-ethyl adjacent to an activating group) is 1. The van der Waals surface area contributed by atoms with E-state index in [-0.39, 0.29) is 17.9 Å². The van der Waals surface area contributed by atoms with Crippen molar-refractivity contribution >= 4 is 17.6 Å². The largest absolute Gasteiger partial charge is 0.352 e. The molecule has 4 rings (SSSR count). The van der Waals surface area contributed by atoms with Crippen molar-refractivity contribution < 1.29 is 9.59 Å². The first-order valence-corrected chi connectivity index (χ1v) is 12.5. The molecule has 0 spiro atoms. The summed E-state index contributed by atoms with van der Waals surface area (Å²) in [4.78, 5) is 31.9. The van der Waals surface area contributed by atoms with Gasteiger partial charge >= 0.3 is 6.03 Å². The van der Waals surface area contributed by atoms with E-state index in [1.807, 2.05) is 30.3 Å². The fourth-order valence-electron chi connectivity index (χ4n) is 4.69. The number of carbonyl (C=O) groups is 2. The highest BCUT2D eigenvalue weighted by atomic mass is 16.2. The molecule has 7 heteroatoms. The summed E-state index contributed by atoms with van der Waals surface area (Å²) in [5, 5.41) is 6.01. The zero-order chi connectivity index (χ0) is 23.8. The van der Waals surface area contributed by atoms with Crippen molar-refractivity contribution in [1.82, 2.24) is 20.0 Å². The maximum atomic E-state index is 12.7. The predicted octanol–water partition coefficient (Wildman–Crippen LogP) is 3.38. The predicted molar refractivity (Wildman–Crippen MR) is 135 cm³/mol. The summed E-state index contributed by atoms with van der Waals surface area (Å²) >= 11 is 0. The summed E-state index contributed by atoms with van der Waals surface area (Å²) in [7, 11) is 0. The fraction of sp³-hybridized carbons (Fsp3) is 0.481. The lowest BCUT2D eigenvalue weighted by Crippen LogP contribution is -2.45. The number of piperazine rings is 1. The van der Waals surface area contributed by atoms with Gasteiger partial charge in [-0.15, -0.1) is 0 Å².